The van der Waals surface area contributed by atoms with Crippen LogP contribution in [0.5, 0.6) is 0 Å². The van der Waals surface area contributed by atoms with E-state index in [9.17, 15) is 4.79 Å². The highest BCUT2D eigenvalue weighted by Crippen LogP contribution is 2.38. The first kappa shape index (κ1) is 17.6. The standard InChI is InChI=1S/C24H16ClN3O/c1-14-16-8-5-10-26-23(16)20(25)13-17(14)18-12-19-21(29)9-11-27-24(19)28-22(18)15-6-3-2-4-7-15/h2-13H,1H3,(H,27,28,29). The van der Waals surface area contributed by atoms with Crippen LogP contribution >= 0.6 is 11.6 Å². The first-order valence-corrected chi connectivity index (χ1v) is 9.63. The zero-order valence-electron chi connectivity index (χ0n) is 15.6. The highest BCUT2D eigenvalue weighted by Gasteiger charge is 2.17. The number of aryl methyl sites for hydroxylation is 1. The van der Waals surface area contributed by atoms with Gasteiger partial charge >= 0.3 is 0 Å². The molecule has 0 bridgehead atoms. The summed E-state index contributed by atoms with van der Waals surface area (Å²) < 4.78 is 0. The van der Waals surface area contributed by atoms with Crippen molar-refractivity contribution in [2.24, 2.45) is 0 Å². The Hall–Kier alpha value is -3.50. The number of benzene rings is 2. The molecule has 140 valence electrons. The molecule has 0 fully saturated rings. The van der Waals surface area contributed by atoms with Gasteiger partial charge in [0.15, 0.2) is 5.43 Å². The van der Waals surface area contributed by atoms with E-state index in [0.29, 0.717) is 16.1 Å². The number of halogens is 1. The molecule has 3 heterocycles. The first-order valence-electron chi connectivity index (χ1n) is 9.25. The van der Waals surface area contributed by atoms with Gasteiger partial charge in [0, 0.05) is 35.0 Å². The summed E-state index contributed by atoms with van der Waals surface area (Å²) in [6.07, 6.45) is 3.36. The molecule has 5 aromatic rings. The van der Waals surface area contributed by atoms with Crippen LogP contribution in [0, 0.1) is 6.92 Å². The molecule has 1 N–H and O–H groups in total. The molecule has 0 saturated carbocycles. The molecule has 29 heavy (non-hydrogen) atoms. The average Bonchev–Trinajstić information content (AvgIpc) is 2.76. The molecule has 0 spiro atoms. The van der Waals surface area contributed by atoms with E-state index >= 15 is 0 Å². The number of aromatic amines is 1. The van der Waals surface area contributed by atoms with E-state index in [1.54, 1.807) is 12.4 Å². The van der Waals surface area contributed by atoms with Crippen molar-refractivity contribution < 1.29 is 0 Å². The zero-order valence-corrected chi connectivity index (χ0v) is 16.4. The van der Waals surface area contributed by atoms with Gasteiger partial charge in [-0.05, 0) is 36.2 Å². The third-order valence-electron chi connectivity index (χ3n) is 5.19. The van der Waals surface area contributed by atoms with Crippen molar-refractivity contribution in [1.29, 1.82) is 0 Å². The van der Waals surface area contributed by atoms with Crippen molar-refractivity contribution in [2.45, 2.75) is 6.92 Å². The van der Waals surface area contributed by atoms with Crippen molar-refractivity contribution in [3.63, 3.8) is 0 Å². The number of rotatable bonds is 2. The Morgan fingerprint density at radius 1 is 0.931 bits per heavy atom. The van der Waals surface area contributed by atoms with Crippen LogP contribution in [-0.4, -0.2) is 15.0 Å². The Labute approximate surface area is 171 Å². The molecule has 0 amide bonds. The van der Waals surface area contributed by atoms with Gasteiger partial charge in [-0.15, -0.1) is 0 Å². The van der Waals surface area contributed by atoms with Crippen molar-refractivity contribution >= 4 is 33.5 Å². The minimum Gasteiger partial charge on any atom is -0.346 e. The minimum absolute atomic E-state index is 0.0710. The summed E-state index contributed by atoms with van der Waals surface area (Å²) in [4.78, 5) is 24.8. The van der Waals surface area contributed by atoms with Gasteiger partial charge in [0.1, 0.15) is 5.65 Å². The van der Waals surface area contributed by atoms with Gasteiger partial charge in [-0.1, -0.05) is 48.0 Å². The smallest absolute Gasteiger partial charge is 0.191 e. The van der Waals surface area contributed by atoms with Crippen molar-refractivity contribution in [2.75, 3.05) is 0 Å². The molecule has 0 radical (unpaired) electrons. The van der Waals surface area contributed by atoms with Crippen LogP contribution in [-0.2, 0) is 0 Å². The largest absolute Gasteiger partial charge is 0.346 e. The number of nitrogens with one attached hydrogen (secondary N) is 1. The number of hydrogen-bond donors (Lipinski definition) is 1. The van der Waals surface area contributed by atoms with E-state index < -0.39 is 0 Å². The van der Waals surface area contributed by atoms with Crippen LogP contribution in [0.2, 0.25) is 5.02 Å². The maximum atomic E-state index is 12.5. The third kappa shape index (κ3) is 2.89. The summed E-state index contributed by atoms with van der Waals surface area (Å²) in [5, 5.41) is 2.10. The second-order valence-electron chi connectivity index (χ2n) is 6.92. The second-order valence-corrected chi connectivity index (χ2v) is 7.33. The summed E-state index contributed by atoms with van der Waals surface area (Å²) in [7, 11) is 0. The molecule has 0 aliphatic carbocycles. The zero-order chi connectivity index (χ0) is 20.0. The fourth-order valence-corrected chi connectivity index (χ4v) is 4.00. The summed E-state index contributed by atoms with van der Waals surface area (Å²) >= 11 is 6.58. The number of aromatic nitrogens is 3. The molecule has 5 heteroatoms. The summed E-state index contributed by atoms with van der Waals surface area (Å²) in [5.41, 5.74) is 5.87. The van der Waals surface area contributed by atoms with Crippen LogP contribution in [0.1, 0.15) is 5.56 Å². The Kier molecular flexibility index (Phi) is 4.14. The van der Waals surface area contributed by atoms with Crippen molar-refractivity contribution in [1.82, 2.24) is 15.0 Å². The van der Waals surface area contributed by atoms with Gasteiger partial charge in [-0.25, -0.2) is 4.98 Å². The Morgan fingerprint density at radius 3 is 2.59 bits per heavy atom. The molecule has 0 unspecified atom stereocenters. The van der Waals surface area contributed by atoms with E-state index in [-0.39, 0.29) is 5.43 Å². The molecule has 0 aliphatic heterocycles. The fourth-order valence-electron chi connectivity index (χ4n) is 3.75. The molecule has 0 saturated heterocycles. The number of pyridine rings is 3. The predicted molar refractivity (Wildman–Crippen MR) is 118 cm³/mol. The normalized spacial score (nSPS) is 11.2. The van der Waals surface area contributed by atoms with Gasteiger partial charge in [0.05, 0.1) is 21.6 Å². The van der Waals surface area contributed by atoms with Gasteiger partial charge in [0.25, 0.3) is 0 Å². The topological polar surface area (TPSA) is 58.6 Å². The number of H-pyrrole nitrogens is 1. The Morgan fingerprint density at radius 2 is 1.76 bits per heavy atom. The van der Waals surface area contributed by atoms with Crippen LogP contribution in [0.25, 0.3) is 44.3 Å². The maximum Gasteiger partial charge on any atom is 0.191 e. The molecular formula is C24H16ClN3O. The maximum absolute atomic E-state index is 12.5. The SMILES string of the molecule is Cc1c(-c2cc3c(=O)cc[nH]c3nc2-c2ccccc2)cc(Cl)c2ncccc12. The lowest BCUT2D eigenvalue weighted by molar-refractivity contribution is 1.27. The van der Waals surface area contributed by atoms with E-state index in [1.807, 2.05) is 61.5 Å². The van der Waals surface area contributed by atoms with Gasteiger partial charge in [-0.3, -0.25) is 9.78 Å². The van der Waals surface area contributed by atoms with Crippen LogP contribution in [0.15, 0.2) is 77.9 Å². The molecule has 0 aliphatic rings. The summed E-state index contributed by atoms with van der Waals surface area (Å²) in [6, 6.07) is 19.2. The third-order valence-corrected chi connectivity index (χ3v) is 5.48. The second kappa shape index (κ2) is 6.83. The quantitative estimate of drug-likeness (QED) is 0.411. The van der Waals surface area contributed by atoms with Crippen LogP contribution < -0.4 is 5.43 Å². The van der Waals surface area contributed by atoms with E-state index in [1.165, 1.54) is 6.07 Å². The van der Waals surface area contributed by atoms with E-state index in [0.717, 1.165) is 38.9 Å². The van der Waals surface area contributed by atoms with Crippen molar-refractivity contribution in [3.05, 3.63) is 93.9 Å². The van der Waals surface area contributed by atoms with Crippen LogP contribution in [0.3, 0.4) is 0 Å². The van der Waals surface area contributed by atoms with Gasteiger partial charge in [-0.2, -0.15) is 0 Å². The molecule has 4 nitrogen and oxygen atoms in total. The number of fused-ring (bicyclic) bond motifs is 2. The van der Waals surface area contributed by atoms with E-state index in [4.69, 9.17) is 16.6 Å². The highest BCUT2D eigenvalue weighted by molar-refractivity contribution is 6.35. The molecule has 3 aromatic heterocycles. The number of hydrogen-bond acceptors (Lipinski definition) is 3. The monoisotopic (exact) mass is 397 g/mol. The molecule has 2 aromatic carbocycles. The highest BCUT2D eigenvalue weighted by atomic mass is 35.5. The minimum atomic E-state index is -0.0710. The van der Waals surface area contributed by atoms with Crippen LogP contribution in [0.4, 0.5) is 0 Å². The Balaban J connectivity index is 1.92. The number of nitrogens with zero attached hydrogens (tertiary/aromatic N) is 2. The fraction of sp³-hybridized carbons (Fsp3) is 0.0417. The Bertz CT molecular complexity index is 1440. The van der Waals surface area contributed by atoms with Gasteiger partial charge in [0.2, 0.25) is 0 Å². The molecular weight excluding hydrogens is 382 g/mol. The lowest BCUT2D eigenvalue weighted by Gasteiger charge is -2.15. The average molecular weight is 398 g/mol. The summed E-state index contributed by atoms with van der Waals surface area (Å²) in [5.74, 6) is 0. The predicted octanol–water partition coefficient (Wildman–Crippen LogP) is 5.77. The lowest BCUT2D eigenvalue weighted by Crippen LogP contribution is -2.04. The van der Waals surface area contributed by atoms with Gasteiger partial charge < -0.3 is 4.98 Å². The van der Waals surface area contributed by atoms with Crippen molar-refractivity contribution in [3.8, 4) is 22.4 Å². The first-order chi connectivity index (χ1) is 14.1. The summed E-state index contributed by atoms with van der Waals surface area (Å²) in [6.45, 7) is 2.05. The van der Waals surface area contributed by atoms with E-state index in [2.05, 4.69) is 9.97 Å². The molecule has 0 atom stereocenters. The lowest BCUT2D eigenvalue weighted by atomic mass is 9.93. The molecule has 5 rings (SSSR count).